The smallest absolute Gasteiger partial charge is 0.408 e. The minimum Gasteiger partial charge on any atom is -0.479 e. The van der Waals surface area contributed by atoms with Crippen LogP contribution < -0.4 is 5.32 Å². The molecule has 0 aromatic heterocycles. The molecule has 0 bridgehead atoms. The number of carbonyl (C=O) groups is 2. The predicted molar refractivity (Wildman–Crippen MR) is 64.3 cm³/mol. The van der Waals surface area contributed by atoms with Crippen molar-refractivity contribution in [3.05, 3.63) is 35.9 Å². The SMILES string of the molecule is O=C(N[C@@]1(C(=O)O)C[C@@H]1C(F)(F)F)OCc1ccccc1. The molecule has 114 valence electrons. The second-order valence-corrected chi connectivity index (χ2v) is 4.76. The Bertz CT molecular complexity index is 546. The van der Waals surface area contributed by atoms with Gasteiger partial charge in [-0.2, -0.15) is 13.2 Å². The number of alkyl carbamates (subject to hydrolysis) is 1. The zero-order valence-electron chi connectivity index (χ0n) is 10.7. The van der Waals surface area contributed by atoms with Crippen LogP contribution in [0.25, 0.3) is 0 Å². The lowest BCUT2D eigenvalue weighted by molar-refractivity contribution is -0.163. The molecule has 5 nitrogen and oxygen atoms in total. The predicted octanol–water partition coefficient (Wildman–Crippen LogP) is 2.32. The monoisotopic (exact) mass is 303 g/mol. The van der Waals surface area contributed by atoms with Crippen LogP contribution in [0.15, 0.2) is 30.3 Å². The van der Waals surface area contributed by atoms with Crippen LogP contribution in [-0.2, 0) is 16.1 Å². The number of carboxylic acids is 1. The highest BCUT2D eigenvalue weighted by molar-refractivity contribution is 5.88. The minimum atomic E-state index is -4.68. The van der Waals surface area contributed by atoms with Gasteiger partial charge in [-0.25, -0.2) is 9.59 Å². The maximum absolute atomic E-state index is 12.5. The van der Waals surface area contributed by atoms with Crippen LogP contribution in [-0.4, -0.2) is 28.9 Å². The number of amides is 1. The summed E-state index contributed by atoms with van der Waals surface area (Å²) in [5.41, 5.74) is -1.67. The van der Waals surface area contributed by atoms with Crippen molar-refractivity contribution in [1.29, 1.82) is 0 Å². The molecule has 2 N–H and O–H groups in total. The van der Waals surface area contributed by atoms with E-state index in [4.69, 9.17) is 9.84 Å². The number of nitrogens with one attached hydrogen (secondary N) is 1. The molecule has 0 radical (unpaired) electrons. The third-order valence-corrected chi connectivity index (χ3v) is 3.28. The van der Waals surface area contributed by atoms with Crippen LogP contribution >= 0.6 is 0 Å². The molecule has 0 unspecified atom stereocenters. The highest BCUT2D eigenvalue weighted by Gasteiger charge is 2.72. The summed E-state index contributed by atoms with van der Waals surface area (Å²) < 4.78 is 42.4. The average molecular weight is 303 g/mol. The molecule has 1 aromatic carbocycles. The maximum atomic E-state index is 12.5. The quantitative estimate of drug-likeness (QED) is 0.895. The minimum absolute atomic E-state index is 0.154. The van der Waals surface area contributed by atoms with Gasteiger partial charge < -0.3 is 15.2 Å². The van der Waals surface area contributed by atoms with Gasteiger partial charge in [-0.05, 0) is 12.0 Å². The fraction of sp³-hybridized carbons (Fsp3) is 0.385. The molecule has 8 heteroatoms. The third kappa shape index (κ3) is 3.26. The van der Waals surface area contributed by atoms with Crippen LogP contribution in [0.1, 0.15) is 12.0 Å². The van der Waals surface area contributed by atoms with Crippen molar-refractivity contribution >= 4 is 12.1 Å². The molecule has 1 aliphatic carbocycles. The number of alkyl halides is 3. The molecule has 1 aliphatic rings. The zero-order chi connectivity index (χ0) is 15.7. The van der Waals surface area contributed by atoms with Crippen LogP contribution in [0.4, 0.5) is 18.0 Å². The van der Waals surface area contributed by atoms with Crippen LogP contribution in [0.2, 0.25) is 0 Å². The molecule has 0 saturated heterocycles. The van der Waals surface area contributed by atoms with E-state index >= 15 is 0 Å². The molecule has 2 rings (SSSR count). The van der Waals surface area contributed by atoms with Gasteiger partial charge in [-0.15, -0.1) is 0 Å². The second-order valence-electron chi connectivity index (χ2n) is 4.76. The first-order valence-electron chi connectivity index (χ1n) is 6.04. The number of carbonyl (C=O) groups excluding carboxylic acids is 1. The Hall–Kier alpha value is -2.25. The number of carboxylic acid groups (broad SMARTS) is 1. The van der Waals surface area contributed by atoms with Gasteiger partial charge in [0.1, 0.15) is 6.61 Å². The summed E-state index contributed by atoms with van der Waals surface area (Å²) in [5.74, 6) is -3.81. The second kappa shape index (κ2) is 5.27. The number of hydrogen-bond acceptors (Lipinski definition) is 3. The van der Waals surface area contributed by atoms with Gasteiger partial charge in [0.05, 0.1) is 5.92 Å². The Morgan fingerprint density at radius 3 is 2.43 bits per heavy atom. The molecule has 0 spiro atoms. The largest absolute Gasteiger partial charge is 0.479 e. The highest BCUT2D eigenvalue weighted by Crippen LogP contribution is 2.53. The van der Waals surface area contributed by atoms with E-state index < -0.39 is 36.1 Å². The van der Waals surface area contributed by atoms with E-state index in [2.05, 4.69) is 0 Å². The molecule has 2 atom stereocenters. The standard InChI is InChI=1S/C13H12F3NO4/c14-13(15,16)9-6-12(9,10(18)19)17-11(20)21-7-8-4-2-1-3-5-8/h1-5,9H,6-7H2,(H,17,20)(H,18,19)/t9-,12-/m0/s1. The summed E-state index contributed by atoms with van der Waals surface area (Å²) in [7, 11) is 0. The number of ether oxygens (including phenoxy) is 1. The summed E-state index contributed by atoms with van der Waals surface area (Å²) in [6, 6.07) is 8.48. The summed E-state index contributed by atoms with van der Waals surface area (Å²) in [5, 5.41) is 10.7. The molecule has 1 amide bonds. The van der Waals surface area contributed by atoms with Gasteiger partial charge in [0.2, 0.25) is 0 Å². The Balaban J connectivity index is 1.94. The molecule has 1 saturated carbocycles. The zero-order valence-corrected chi connectivity index (χ0v) is 10.7. The first kappa shape index (κ1) is 15.1. The van der Waals surface area contributed by atoms with Gasteiger partial charge in [0.15, 0.2) is 5.54 Å². The first-order valence-corrected chi connectivity index (χ1v) is 6.04. The van der Waals surface area contributed by atoms with Crippen molar-refractivity contribution in [3.63, 3.8) is 0 Å². The lowest BCUT2D eigenvalue weighted by Crippen LogP contribution is -2.47. The van der Waals surface area contributed by atoms with E-state index in [0.717, 1.165) is 0 Å². The van der Waals surface area contributed by atoms with E-state index in [1.165, 1.54) is 0 Å². The van der Waals surface area contributed by atoms with Gasteiger partial charge in [-0.3, -0.25) is 0 Å². The average Bonchev–Trinajstić information content (AvgIpc) is 3.14. The van der Waals surface area contributed by atoms with Crippen molar-refractivity contribution in [1.82, 2.24) is 5.32 Å². The molecular formula is C13H12F3NO4. The highest BCUT2D eigenvalue weighted by atomic mass is 19.4. The van der Waals surface area contributed by atoms with E-state index in [9.17, 15) is 22.8 Å². The Morgan fingerprint density at radius 1 is 1.33 bits per heavy atom. The van der Waals surface area contributed by atoms with Crippen molar-refractivity contribution in [2.24, 2.45) is 5.92 Å². The van der Waals surface area contributed by atoms with Crippen molar-refractivity contribution in [2.45, 2.75) is 24.7 Å². The summed E-state index contributed by atoms with van der Waals surface area (Å²) in [4.78, 5) is 22.5. The summed E-state index contributed by atoms with van der Waals surface area (Å²) >= 11 is 0. The Morgan fingerprint density at radius 2 is 1.95 bits per heavy atom. The Labute approximate surface area is 117 Å². The van der Waals surface area contributed by atoms with Crippen molar-refractivity contribution in [3.8, 4) is 0 Å². The van der Waals surface area contributed by atoms with Gasteiger partial charge in [0.25, 0.3) is 0 Å². The number of hydrogen-bond donors (Lipinski definition) is 2. The fourth-order valence-corrected chi connectivity index (χ4v) is 2.03. The number of aliphatic carboxylic acids is 1. The van der Waals surface area contributed by atoms with E-state index in [1.54, 1.807) is 30.3 Å². The van der Waals surface area contributed by atoms with E-state index in [-0.39, 0.29) is 6.61 Å². The van der Waals surface area contributed by atoms with Crippen molar-refractivity contribution < 1.29 is 32.6 Å². The molecular weight excluding hydrogens is 291 g/mol. The Kier molecular flexibility index (Phi) is 3.80. The van der Waals surface area contributed by atoms with Crippen molar-refractivity contribution in [2.75, 3.05) is 0 Å². The third-order valence-electron chi connectivity index (χ3n) is 3.28. The van der Waals surface area contributed by atoms with Gasteiger partial charge in [-0.1, -0.05) is 30.3 Å². The lowest BCUT2D eigenvalue weighted by atomic mass is 10.2. The van der Waals surface area contributed by atoms with Crippen LogP contribution in [0, 0.1) is 5.92 Å². The maximum Gasteiger partial charge on any atom is 0.408 e. The summed E-state index contributed by atoms with van der Waals surface area (Å²) in [6.07, 6.45) is -6.55. The fourth-order valence-electron chi connectivity index (χ4n) is 2.03. The molecule has 0 heterocycles. The number of halogens is 3. The van der Waals surface area contributed by atoms with E-state index in [1.807, 2.05) is 5.32 Å². The molecule has 1 aromatic rings. The van der Waals surface area contributed by atoms with E-state index in [0.29, 0.717) is 5.56 Å². The normalized spacial score (nSPS) is 24.2. The molecule has 21 heavy (non-hydrogen) atoms. The van der Waals surface area contributed by atoms with Crippen LogP contribution in [0.3, 0.4) is 0 Å². The summed E-state index contributed by atoms with van der Waals surface area (Å²) in [6.45, 7) is -0.154. The first-order chi connectivity index (χ1) is 9.75. The van der Waals surface area contributed by atoms with Gasteiger partial charge >= 0.3 is 18.2 Å². The van der Waals surface area contributed by atoms with Gasteiger partial charge in [0, 0.05) is 0 Å². The molecule has 1 fully saturated rings. The number of benzene rings is 1. The van der Waals surface area contributed by atoms with Crippen LogP contribution in [0.5, 0.6) is 0 Å². The lowest BCUT2D eigenvalue weighted by Gasteiger charge is -2.16. The number of rotatable bonds is 4. The molecule has 0 aliphatic heterocycles. The topological polar surface area (TPSA) is 75.6 Å².